The first-order valence-electron chi connectivity index (χ1n) is 15.7. The molecule has 0 fully saturated rings. The summed E-state index contributed by atoms with van der Waals surface area (Å²) in [6.07, 6.45) is 6.36. The van der Waals surface area contributed by atoms with Gasteiger partial charge in [-0.25, -0.2) is 9.59 Å². The standard InChI is InChI=1S/C42H28O4/c43-41(25-13-3-1-4-14-25)45-39-33-23-27-17-7-8-18-28(27)24-34(33)40(46-42(44)26-15-5-2-6-16-26)38-36-31-21-11-9-19-29(31)35(37(38)39)30-20-10-12-22-32(30)36/h1-11,13-21,23-24,35-36H,12,22H2. The van der Waals surface area contributed by atoms with Gasteiger partial charge < -0.3 is 9.47 Å². The largest absolute Gasteiger partial charge is 0.422 e. The van der Waals surface area contributed by atoms with Gasteiger partial charge in [0.15, 0.2) is 0 Å². The van der Waals surface area contributed by atoms with E-state index in [1.54, 1.807) is 24.3 Å². The van der Waals surface area contributed by atoms with Crippen molar-refractivity contribution >= 4 is 33.5 Å². The Kier molecular flexibility index (Phi) is 6.04. The molecular formula is C42H28O4. The molecule has 4 nitrogen and oxygen atoms in total. The number of hydrogen-bond donors (Lipinski definition) is 0. The van der Waals surface area contributed by atoms with E-state index in [0.29, 0.717) is 22.6 Å². The lowest BCUT2D eigenvalue weighted by Gasteiger charge is -2.45. The number of allylic oxidation sites excluding steroid dienone is 4. The molecule has 4 heteroatoms. The molecule has 0 saturated heterocycles. The Morgan fingerprint density at radius 3 is 1.61 bits per heavy atom. The van der Waals surface area contributed by atoms with Crippen LogP contribution in [0.3, 0.4) is 0 Å². The maximum absolute atomic E-state index is 13.9. The van der Waals surface area contributed by atoms with Gasteiger partial charge in [0.2, 0.25) is 0 Å². The summed E-state index contributed by atoms with van der Waals surface area (Å²) in [5.41, 5.74) is 7.78. The van der Waals surface area contributed by atoms with Crippen molar-refractivity contribution < 1.29 is 19.1 Å². The second kappa shape index (κ2) is 10.4. The van der Waals surface area contributed by atoms with Crippen LogP contribution >= 0.6 is 0 Å². The molecule has 6 aromatic rings. The van der Waals surface area contributed by atoms with Crippen LogP contribution in [-0.2, 0) is 0 Å². The van der Waals surface area contributed by atoms with E-state index in [2.05, 4.69) is 60.7 Å². The number of benzene rings is 6. The zero-order chi connectivity index (χ0) is 30.8. The lowest BCUT2D eigenvalue weighted by Crippen LogP contribution is -2.30. The number of fused-ring (bicyclic) bond motifs is 2. The topological polar surface area (TPSA) is 52.6 Å². The van der Waals surface area contributed by atoms with E-state index in [0.717, 1.165) is 45.5 Å². The predicted molar refractivity (Wildman–Crippen MR) is 180 cm³/mol. The highest BCUT2D eigenvalue weighted by Gasteiger charge is 2.47. The molecule has 0 N–H and O–H groups in total. The van der Waals surface area contributed by atoms with Crippen LogP contribution in [0.5, 0.6) is 11.5 Å². The summed E-state index contributed by atoms with van der Waals surface area (Å²) in [6.45, 7) is 0. The van der Waals surface area contributed by atoms with Crippen LogP contribution in [0.2, 0.25) is 0 Å². The molecule has 2 unspecified atom stereocenters. The monoisotopic (exact) mass is 596 g/mol. The highest BCUT2D eigenvalue weighted by Crippen LogP contribution is 2.63. The van der Waals surface area contributed by atoms with Crippen molar-refractivity contribution in [2.45, 2.75) is 24.7 Å². The third-order valence-electron chi connectivity index (χ3n) is 9.67. The van der Waals surface area contributed by atoms with E-state index in [4.69, 9.17) is 9.47 Å². The van der Waals surface area contributed by atoms with Crippen LogP contribution in [0.4, 0.5) is 0 Å². The molecule has 0 aromatic heterocycles. The Labute approximate surface area is 266 Å². The molecule has 0 spiro atoms. The minimum atomic E-state index is -0.422. The lowest BCUT2D eigenvalue weighted by atomic mass is 9.58. The van der Waals surface area contributed by atoms with Crippen LogP contribution in [0, 0.1) is 0 Å². The fraction of sp³-hybridized carbons (Fsp3) is 0.0952. The molecule has 4 aliphatic carbocycles. The maximum Gasteiger partial charge on any atom is 0.343 e. The van der Waals surface area contributed by atoms with Gasteiger partial charge in [-0.15, -0.1) is 0 Å². The van der Waals surface area contributed by atoms with Crippen molar-refractivity contribution in [1.29, 1.82) is 0 Å². The number of rotatable bonds is 4. The molecule has 4 aliphatic rings. The highest BCUT2D eigenvalue weighted by molar-refractivity contribution is 6.09. The Morgan fingerprint density at radius 2 is 1.04 bits per heavy atom. The smallest absolute Gasteiger partial charge is 0.343 e. The minimum Gasteiger partial charge on any atom is -0.422 e. The minimum absolute atomic E-state index is 0.139. The Morgan fingerprint density at radius 1 is 0.565 bits per heavy atom. The number of esters is 2. The molecule has 46 heavy (non-hydrogen) atoms. The van der Waals surface area contributed by atoms with E-state index < -0.39 is 11.9 Å². The van der Waals surface area contributed by atoms with Crippen molar-refractivity contribution in [1.82, 2.24) is 0 Å². The molecule has 10 rings (SSSR count). The first kappa shape index (κ1) is 26.6. The van der Waals surface area contributed by atoms with Crippen LogP contribution < -0.4 is 9.47 Å². The van der Waals surface area contributed by atoms with Crippen LogP contribution in [0.25, 0.3) is 21.5 Å². The third-order valence-corrected chi connectivity index (χ3v) is 9.67. The predicted octanol–water partition coefficient (Wildman–Crippen LogP) is 9.67. The summed E-state index contributed by atoms with van der Waals surface area (Å²) >= 11 is 0. The van der Waals surface area contributed by atoms with E-state index in [-0.39, 0.29) is 11.8 Å². The Balaban J connectivity index is 1.39. The van der Waals surface area contributed by atoms with Crippen molar-refractivity contribution in [3.8, 4) is 11.5 Å². The maximum atomic E-state index is 13.9. The molecule has 0 heterocycles. The summed E-state index contributed by atoms with van der Waals surface area (Å²) < 4.78 is 13.1. The summed E-state index contributed by atoms with van der Waals surface area (Å²) in [6, 6.07) is 39.0. The van der Waals surface area contributed by atoms with Gasteiger partial charge in [-0.05, 0) is 76.7 Å². The molecule has 2 atom stereocenters. The molecule has 0 radical (unpaired) electrons. The van der Waals surface area contributed by atoms with Gasteiger partial charge in [-0.3, -0.25) is 0 Å². The number of carbonyl (C=O) groups excluding carboxylic acids is 2. The van der Waals surface area contributed by atoms with Crippen LogP contribution in [0.15, 0.2) is 145 Å². The van der Waals surface area contributed by atoms with Gasteiger partial charge in [0.1, 0.15) is 11.5 Å². The molecule has 220 valence electrons. The molecular weight excluding hydrogens is 568 g/mol. The second-order valence-corrected chi connectivity index (χ2v) is 12.2. The quantitative estimate of drug-likeness (QED) is 0.116. The summed E-state index contributed by atoms with van der Waals surface area (Å²) in [5, 5.41) is 3.50. The SMILES string of the molecule is O=C(Oc1c2c(c(OC(=O)c3ccccc3)c3cc4ccccc4cc13)C1C3=C(C=CCC3)C2c2ccccc21)c1ccccc1. The van der Waals surface area contributed by atoms with Crippen molar-refractivity contribution in [2.75, 3.05) is 0 Å². The summed E-state index contributed by atoms with van der Waals surface area (Å²) in [4.78, 5) is 27.7. The Bertz CT molecular complexity index is 2300. The number of ether oxygens (including phenoxy) is 2. The van der Waals surface area contributed by atoms with Gasteiger partial charge in [0.05, 0.1) is 11.1 Å². The molecule has 0 aliphatic heterocycles. The fourth-order valence-corrected chi connectivity index (χ4v) is 7.72. The number of carbonyl (C=O) groups is 2. The van der Waals surface area contributed by atoms with Gasteiger partial charge in [-0.1, -0.05) is 103 Å². The Hall–Kier alpha value is -5.74. The highest BCUT2D eigenvalue weighted by atomic mass is 16.5. The first-order valence-corrected chi connectivity index (χ1v) is 15.7. The molecule has 0 saturated carbocycles. The first-order chi connectivity index (χ1) is 22.7. The van der Waals surface area contributed by atoms with Crippen molar-refractivity contribution in [3.63, 3.8) is 0 Å². The average molecular weight is 597 g/mol. The van der Waals surface area contributed by atoms with E-state index in [1.807, 2.05) is 48.5 Å². The van der Waals surface area contributed by atoms with Crippen LogP contribution in [0.1, 0.15) is 67.6 Å². The third kappa shape index (κ3) is 4.00. The van der Waals surface area contributed by atoms with Gasteiger partial charge in [0.25, 0.3) is 0 Å². The molecule has 6 aromatic carbocycles. The zero-order valence-electron chi connectivity index (χ0n) is 24.9. The normalized spacial score (nSPS) is 17.4. The van der Waals surface area contributed by atoms with E-state index in [9.17, 15) is 9.59 Å². The molecule has 2 bridgehead atoms. The average Bonchev–Trinajstić information content (AvgIpc) is 3.12. The zero-order valence-corrected chi connectivity index (χ0v) is 24.9. The van der Waals surface area contributed by atoms with Gasteiger partial charge >= 0.3 is 11.9 Å². The summed E-state index contributed by atoms with van der Waals surface area (Å²) in [5.74, 6) is -0.0896. The van der Waals surface area contributed by atoms with E-state index >= 15 is 0 Å². The van der Waals surface area contributed by atoms with E-state index in [1.165, 1.54) is 22.3 Å². The van der Waals surface area contributed by atoms with Gasteiger partial charge in [-0.2, -0.15) is 0 Å². The molecule has 0 amide bonds. The lowest BCUT2D eigenvalue weighted by molar-refractivity contribution is 0.0719. The van der Waals surface area contributed by atoms with Crippen molar-refractivity contribution in [2.24, 2.45) is 0 Å². The number of hydrogen-bond acceptors (Lipinski definition) is 4. The van der Waals surface area contributed by atoms with Crippen molar-refractivity contribution in [3.05, 3.63) is 178 Å². The fourth-order valence-electron chi connectivity index (χ4n) is 7.72. The van der Waals surface area contributed by atoms with Crippen LogP contribution in [-0.4, -0.2) is 11.9 Å². The summed E-state index contributed by atoms with van der Waals surface area (Å²) in [7, 11) is 0. The van der Waals surface area contributed by atoms with Gasteiger partial charge in [0, 0.05) is 33.7 Å². The second-order valence-electron chi connectivity index (χ2n) is 12.2.